The van der Waals surface area contributed by atoms with Crippen LogP contribution in [-0.2, 0) is 33.7 Å². The molecule has 0 aliphatic heterocycles. The van der Waals surface area contributed by atoms with Crippen molar-refractivity contribution < 1.29 is 20.8 Å². The third kappa shape index (κ3) is 14.4. The van der Waals surface area contributed by atoms with Crippen LogP contribution in [0, 0.1) is 0 Å². The van der Waals surface area contributed by atoms with Crippen LogP contribution in [0.5, 0.6) is 0 Å². The van der Waals surface area contributed by atoms with E-state index >= 15 is 0 Å². The van der Waals surface area contributed by atoms with Crippen LogP contribution in [0.4, 0.5) is 0 Å². The molecule has 0 aliphatic carbocycles. The van der Waals surface area contributed by atoms with E-state index in [1.165, 1.54) is 114 Å². The summed E-state index contributed by atoms with van der Waals surface area (Å²) < 4.78 is 0. The van der Waals surface area contributed by atoms with Crippen LogP contribution in [0.3, 0.4) is 0 Å². The Bertz CT molecular complexity index is 2040. The standard InChI is InChI=1S/2C28H37.C2H6Si.2ClH.Zr/c2*1-8-10-21-11-12-22-13-25(20(7)9-2)17-27(22)28(21)26-15-23(18(3)4)14-24(16-26)19(5)6;1-3-2;;;/h2*11-20H,8-10H2,1-7H3;1-2H3;2*1H;/q2*-1;;;;+4/p-2. The third-order valence-corrected chi connectivity index (χ3v) is 12.6. The van der Waals surface area contributed by atoms with Gasteiger partial charge in [0, 0.05) is 9.52 Å². The van der Waals surface area contributed by atoms with Gasteiger partial charge in [0.1, 0.15) is 0 Å². The van der Waals surface area contributed by atoms with Crippen LogP contribution in [-0.4, -0.2) is 9.52 Å². The fourth-order valence-electron chi connectivity index (χ4n) is 8.35. The van der Waals surface area contributed by atoms with E-state index in [4.69, 9.17) is 17.0 Å². The van der Waals surface area contributed by atoms with Gasteiger partial charge in [0.15, 0.2) is 0 Å². The molecule has 2 atom stereocenters. The summed E-state index contributed by atoms with van der Waals surface area (Å²) >= 11 is -0.826. The monoisotopic (exact) mass is 964 g/mol. The van der Waals surface area contributed by atoms with Crippen molar-refractivity contribution in [2.24, 2.45) is 0 Å². The predicted molar refractivity (Wildman–Crippen MR) is 281 cm³/mol. The maximum absolute atomic E-state index is 4.93. The minimum atomic E-state index is -0.826. The fraction of sp³-hybridized carbons (Fsp3) is 0.483. The molecule has 0 N–H and O–H groups in total. The molecule has 0 amide bonds. The Kier molecular flexibility index (Phi) is 23.3. The molecule has 6 aromatic rings. The van der Waals surface area contributed by atoms with E-state index in [1.54, 1.807) is 0 Å². The summed E-state index contributed by atoms with van der Waals surface area (Å²) in [6, 6.07) is 33.8. The molecule has 0 bridgehead atoms. The Hall–Kier alpha value is -2.22. The van der Waals surface area contributed by atoms with Gasteiger partial charge >= 0.3 is 37.9 Å². The molecule has 0 fully saturated rings. The van der Waals surface area contributed by atoms with Gasteiger partial charge in [-0.3, -0.25) is 0 Å². The second kappa shape index (κ2) is 26.7. The average molecular weight is 967 g/mol. The number of halogens is 2. The van der Waals surface area contributed by atoms with Crippen LogP contribution in [0.25, 0.3) is 43.8 Å². The van der Waals surface area contributed by atoms with Crippen molar-refractivity contribution in [2.75, 3.05) is 0 Å². The van der Waals surface area contributed by atoms with Crippen LogP contribution in [0.1, 0.15) is 203 Å². The summed E-state index contributed by atoms with van der Waals surface area (Å²) in [7, 11) is 11.0. The molecule has 0 aliphatic rings. The molecule has 2 radical (unpaired) electrons. The first-order valence-corrected chi connectivity index (χ1v) is 32.2. The first-order chi connectivity index (χ1) is 29.5. The van der Waals surface area contributed by atoms with Gasteiger partial charge in [-0.1, -0.05) is 194 Å². The van der Waals surface area contributed by atoms with E-state index < -0.39 is 20.8 Å². The quantitative estimate of drug-likeness (QED) is 0.0754. The molecule has 4 heteroatoms. The van der Waals surface area contributed by atoms with Crippen molar-refractivity contribution in [3.05, 3.63) is 129 Å². The summed E-state index contributed by atoms with van der Waals surface area (Å²) in [4.78, 5) is 0. The number of hydrogen-bond acceptors (Lipinski definition) is 0. The zero-order chi connectivity index (χ0) is 46.3. The van der Waals surface area contributed by atoms with Gasteiger partial charge in [-0.25, -0.2) is 0 Å². The molecular weight excluding hydrogens is 887 g/mol. The summed E-state index contributed by atoms with van der Waals surface area (Å²) in [5.41, 5.74) is 17.5. The van der Waals surface area contributed by atoms with Crippen molar-refractivity contribution >= 4 is 48.1 Å². The molecule has 0 saturated carbocycles. The van der Waals surface area contributed by atoms with E-state index in [0.29, 0.717) is 35.5 Å². The summed E-state index contributed by atoms with van der Waals surface area (Å²) in [5.74, 6) is 3.40. The molecule has 0 spiro atoms. The number of fused-ring (bicyclic) bond motifs is 2. The number of hydrogen-bond donors (Lipinski definition) is 0. The molecule has 6 rings (SSSR count). The summed E-state index contributed by atoms with van der Waals surface area (Å²) in [6.45, 7) is 36.6. The van der Waals surface area contributed by atoms with Gasteiger partial charge in [-0.2, -0.15) is 12.1 Å². The Morgan fingerprint density at radius 2 is 0.774 bits per heavy atom. The zero-order valence-electron chi connectivity index (χ0n) is 41.5. The van der Waals surface area contributed by atoms with E-state index in [0.717, 1.165) is 22.4 Å². The molecule has 62 heavy (non-hydrogen) atoms. The Morgan fingerprint density at radius 3 is 1.02 bits per heavy atom. The fourth-order valence-corrected chi connectivity index (χ4v) is 8.35. The number of rotatable bonds is 14. The average Bonchev–Trinajstić information content (AvgIpc) is 3.89. The van der Waals surface area contributed by atoms with Crippen LogP contribution in [0.2, 0.25) is 13.1 Å². The number of benzene rings is 4. The van der Waals surface area contributed by atoms with Crippen LogP contribution in [0.15, 0.2) is 84.9 Å². The summed E-state index contributed by atoms with van der Waals surface area (Å²) in [5, 5.41) is 5.67. The van der Waals surface area contributed by atoms with E-state index in [2.05, 4.69) is 195 Å². The predicted octanol–water partition coefficient (Wildman–Crippen LogP) is 20.0. The second-order valence-electron chi connectivity index (χ2n) is 18.9. The topological polar surface area (TPSA) is 0 Å². The molecule has 0 aromatic heterocycles. The molecule has 6 aromatic carbocycles. The van der Waals surface area contributed by atoms with Crippen molar-refractivity contribution in [1.82, 2.24) is 0 Å². The van der Waals surface area contributed by atoms with Crippen molar-refractivity contribution in [3.8, 4) is 22.3 Å². The van der Waals surface area contributed by atoms with Crippen molar-refractivity contribution in [3.63, 3.8) is 0 Å². The maximum atomic E-state index is 4.93. The molecule has 0 nitrogen and oxygen atoms in total. The van der Waals surface area contributed by atoms with Gasteiger partial charge < -0.3 is 0 Å². The zero-order valence-corrected chi connectivity index (χ0v) is 46.5. The van der Waals surface area contributed by atoms with Crippen molar-refractivity contribution in [2.45, 2.75) is 184 Å². The molecule has 0 saturated heterocycles. The Balaban J connectivity index is 0.000000293. The third-order valence-electron chi connectivity index (χ3n) is 12.6. The van der Waals surface area contributed by atoms with Gasteiger partial charge in [0.2, 0.25) is 0 Å². The number of aryl methyl sites for hydroxylation is 2. The van der Waals surface area contributed by atoms with Gasteiger partial charge in [-0.05, 0) is 81.7 Å². The van der Waals surface area contributed by atoms with Crippen molar-refractivity contribution in [1.29, 1.82) is 0 Å². The SMILES string of the molecule is CCCc1ccc2[cH-]c(C(C)CC)cc2c1-c1cc(C(C)C)cc(C(C)C)c1.CCCc1ccc2[cH-]c(C(C)CC)cc2c1-c1cc(C(C)C)cc(C(C)C)c1.C[Si]C.[Cl][Zr+2][Cl]. The first-order valence-electron chi connectivity index (χ1n) is 23.8. The Morgan fingerprint density at radius 1 is 0.484 bits per heavy atom. The van der Waals surface area contributed by atoms with E-state index in [9.17, 15) is 0 Å². The molecule has 0 heterocycles. The molecular formula is C58H80Cl2SiZr. The van der Waals surface area contributed by atoms with Gasteiger partial charge in [0.05, 0.1) is 0 Å². The normalized spacial score (nSPS) is 12.2. The van der Waals surface area contributed by atoms with Crippen LogP contribution < -0.4 is 0 Å². The minimum absolute atomic E-state index is 0.543. The molecule has 334 valence electrons. The first kappa shape index (κ1) is 54.1. The van der Waals surface area contributed by atoms with Gasteiger partial charge in [-0.15, -0.1) is 69.1 Å². The molecule has 2 unspecified atom stereocenters. The summed E-state index contributed by atoms with van der Waals surface area (Å²) in [6.07, 6.45) is 7.01. The second-order valence-corrected chi connectivity index (χ2v) is 23.6. The van der Waals surface area contributed by atoms with Crippen LogP contribution >= 0.6 is 17.0 Å². The Labute approximate surface area is 401 Å². The van der Waals surface area contributed by atoms with E-state index in [-0.39, 0.29) is 0 Å². The van der Waals surface area contributed by atoms with E-state index in [1.807, 2.05) is 0 Å². The van der Waals surface area contributed by atoms with Gasteiger partial charge in [0.25, 0.3) is 0 Å².